The average molecular weight is 285 g/mol. The summed E-state index contributed by atoms with van der Waals surface area (Å²) in [4.78, 5) is 27.6. The van der Waals surface area contributed by atoms with E-state index in [0.29, 0.717) is 10.6 Å². The molecule has 4 nitrogen and oxygen atoms in total. The van der Waals surface area contributed by atoms with E-state index >= 15 is 0 Å². The molecule has 0 bridgehead atoms. The lowest BCUT2D eigenvalue weighted by molar-refractivity contribution is -0.129. The SMILES string of the molecule is CC(Cl)C1=NC(=O)C(c2ccc(Cl)cc2)C(=O)N1. The van der Waals surface area contributed by atoms with Crippen molar-refractivity contribution in [2.24, 2.45) is 4.99 Å². The van der Waals surface area contributed by atoms with E-state index < -0.39 is 23.1 Å². The number of benzene rings is 1. The van der Waals surface area contributed by atoms with E-state index in [4.69, 9.17) is 23.2 Å². The summed E-state index contributed by atoms with van der Waals surface area (Å²) in [5.41, 5.74) is 0.562. The first-order valence-corrected chi connectivity index (χ1v) is 6.13. The summed E-state index contributed by atoms with van der Waals surface area (Å²) >= 11 is 11.5. The molecule has 1 aliphatic rings. The van der Waals surface area contributed by atoms with Gasteiger partial charge in [0.15, 0.2) is 0 Å². The van der Waals surface area contributed by atoms with Crippen molar-refractivity contribution < 1.29 is 9.59 Å². The Kier molecular flexibility index (Phi) is 3.68. The van der Waals surface area contributed by atoms with E-state index in [1.54, 1.807) is 31.2 Å². The molecule has 1 aromatic rings. The molecule has 1 N–H and O–H groups in total. The van der Waals surface area contributed by atoms with Crippen molar-refractivity contribution in [3.8, 4) is 0 Å². The van der Waals surface area contributed by atoms with Crippen LogP contribution in [0.3, 0.4) is 0 Å². The Morgan fingerprint density at radius 3 is 2.39 bits per heavy atom. The molecule has 0 fully saturated rings. The third kappa shape index (κ3) is 2.54. The summed E-state index contributed by atoms with van der Waals surface area (Å²) < 4.78 is 0. The number of nitrogens with one attached hydrogen (secondary N) is 1. The molecule has 1 heterocycles. The Labute approximate surface area is 114 Å². The van der Waals surface area contributed by atoms with Gasteiger partial charge in [-0.15, -0.1) is 11.6 Å². The van der Waals surface area contributed by atoms with Gasteiger partial charge in [-0.2, -0.15) is 4.99 Å². The maximum Gasteiger partial charge on any atom is 0.264 e. The summed E-state index contributed by atoms with van der Waals surface area (Å²) in [6.07, 6.45) is 0. The van der Waals surface area contributed by atoms with E-state index in [9.17, 15) is 9.59 Å². The molecule has 2 amide bonds. The molecule has 0 aliphatic carbocycles. The molecule has 1 aromatic carbocycles. The molecule has 0 spiro atoms. The number of rotatable bonds is 2. The normalized spacial score (nSPS) is 21.3. The zero-order valence-corrected chi connectivity index (χ0v) is 11.0. The number of halogens is 2. The molecule has 2 rings (SSSR count). The van der Waals surface area contributed by atoms with Gasteiger partial charge in [-0.05, 0) is 24.6 Å². The fourth-order valence-electron chi connectivity index (χ4n) is 1.66. The van der Waals surface area contributed by atoms with Crippen LogP contribution in [0.4, 0.5) is 0 Å². The van der Waals surface area contributed by atoms with Crippen LogP contribution in [-0.4, -0.2) is 23.0 Å². The van der Waals surface area contributed by atoms with Gasteiger partial charge in [-0.25, -0.2) is 0 Å². The molecule has 0 aromatic heterocycles. The van der Waals surface area contributed by atoms with Crippen LogP contribution in [0.15, 0.2) is 29.3 Å². The van der Waals surface area contributed by atoms with Crippen molar-refractivity contribution in [1.82, 2.24) is 5.32 Å². The van der Waals surface area contributed by atoms with Crippen LogP contribution in [0.1, 0.15) is 18.4 Å². The smallest absolute Gasteiger partial charge is 0.264 e. The van der Waals surface area contributed by atoms with Gasteiger partial charge < -0.3 is 5.32 Å². The number of amidine groups is 1. The quantitative estimate of drug-likeness (QED) is 0.668. The standard InChI is InChI=1S/C12H10Cl2N2O2/c1-6(13)10-15-11(17)9(12(18)16-10)7-2-4-8(14)5-3-7/h2-6,9H,1H3,(H,15,16,17,18). The maximum atomic E-state index is 11.9. The molecule has 0 radical (unpaired) electrons. The molecule has 2 unspecified atom stereocenters. The number of amides is 2. The lowest BCUT2D eigenvalue weighted by Gasteiger charge is -2.21. The minimum atomic E-state index is -0.929. The van der Waals surface area contributed by atoms with Crippen molar-refractivity contribution >= 4 is 40.9 Å². The summed E-state index contributed by atoms with van der Waals surface area (Å²) in [7, 11) is 0. The minimum Gasteiger partial charge on any atom is -0.312 e. The van der Waals surface area contributed by atoms with E-state index in [1.165, 1.54) is 0 Å². The van der Waals surface area contributed by atoms with Crippen LogP contribution in [0, 0.1) is 0 Å². The van der Waals surface area contributed by atoms with Gasteiger partial charge in [0, 0.05) is 5.02 Å². The molecule has 1 aliphatic heterocycles. The van der Waals surface area contributed by atoms with Crippen LogP contribution in [-0.2, 0) is 9.59 Å². The largest absolute Gasteiger partial charge is 0.312 e. The molecule has 18 heavy (non-hydrogen) atoms. The van der Waals surface area contributed by atoms with E-state index in [0.717, 1.165) is 0 Å². The van der Waals surface area contributed by atoms with Crippen LogP contribution in [0.25, 0.3) is 0 Å². The first-order chi connectivity index (χ1) is 8.49. The maximum absolute atomic E-state index is 11.9. The van der Waals surface area contributed by atoms with Gasteiger partial charge in [-0.1, -0.05) is 23.7 Å². The average Bonchev–Trinajstić information content (AvgIpc) is 2.30. The second-order valence-corrected chi connectivity index (χ2v) is 5.02. The van der Waals surface area contributed by atoms with Crippen LogP contribution >= 0.6 is 23.2 Å². The highest BCUT2D eigenvalue weighted by atomic mass is 35.5. The molecule has 2 atom stereocenters. The zero-order chi connectivity index (χ0) is 13.3. The van der Waals surface area contributed by atoms with Crippen molar-refractivity contribution in [3.05, 3.63) is 34.9 Å². The van der Waals surface area contributed by atoms with Crippen molar-refractivity contribution in [1.29, 1.82) is 0 Å². The molecular formula is C12H10Cl2N2O2. The summed E-state index contributed by atoms with van der Waals surface area (Å²) in [6.45, 7) is 1.64. The second-order valence-electron chi connectivity index (χ2n) is 3.93. The molecule has 6 heteroatoms. The fourth-order valence-corrected chi connectivity index (χ4v) is 1.89. The lowest BCUT2D eigenvalue weighted by atomic mass is 9.96. The Morgan fingerprint density at radius 2 is 1.89 bits per heavy atom. The van der Waals surface area contributed by atoms with Crippen molar-refractivity contribution in [3.63, 3.8) is 0 Å². The van der Waals surface area contributed by atoms with Crippen LogP contribution in [0.5, 0.6) is 0 Å². The number of hydrogen-bond donors (Lipinski definition) is 1. The number of nitrogens with zero attached hydrogens (tertiary/aromatic N) is 1. The molecule has 94 valence electrons. The van der Waals surface area contributed by atoms with Crippen LogP contribution < -0.4 is 5.32 Å². The van der Waals surface area contributed by atoms with Gasteiger partial charge in [0.1, 0.15) is 11.8 Å². The van der Waals surface area contributed by atoms with Crippen LogP contribution in [0.2, 0.25) is 5.02 Å². The number of alkyl halides is 1. The Hall–Kier alpha value is -1.39. The Balaban J connectivity index is 2.33. The number of carbonyl (C=O) groups excluding carboxylic acids is 2. The molecular weight excluding hydrogens is 275 g/mol. The van der Waals surface area contributed by atoms with E-state index in [1.807, 2.05) is 0 Å². The van der Waals surface area contributed by atoms with Gasteiger partial charge in [-0.3, -0.25) is 9.59 Å². The monoisotopic (exact) mass is 284 g/mol. The highest BCUT2D eigenvalue weighted by Gasteiger charge is 2.34. The zero-order valence-electron chi connectivity index (χ0n) is 9.48. The Morgan fingerprint density at radius 1 is 1.28 bits per heavy atom. The van der Waals surface area contributed by atoms with Gasteiger partial charge in [0.05, 0.1) is 5.38 Å². The van der Waals surface area contributed by atoms with Crippen molar-refractivity contribution in [2.45, 2.75) is 18.2 Å². The first kappa shape index (κ1) is 13.1. The number of aliphatic imine (C=N–C) groups is 1. The first-order valence-electron chi connectivity index (χ1n) is 5.32. The minimum absolute atomic E-state index is 0.192. The highest BCUT2D eigenvalue weighted by Crippen LogP contribution is 2.22. The van der Waals surface area contributed by atoms with Gasteiger partial charge >= 0.3 is 0 Å². The van der Waals surface area contributed by atoms with E-state index in [2.05, 4.69) is 10.3 Å². The molecule has 0 saturated heterocycles. The third-order valence-electron chi connectivity index (χ3n) is 2.57. The Bertz CT molecular complexity index is 523. The third-order valence-corrected chi connectivity index (χ3v) is 3.03. The summed E-state index contributed by atoms with van der Waals surface area (Å²) in [5.74, 6) is -1.67. The molecule has 0 saturated carbocycles. The number of hydrogen-bond acceptors (Lipinski definition) is 2. The summed E-state index contributed by atoms with van der Waals surface area (Å²) in [5, 5.41) is 2.57. The second kappa shape index (κ2) is 5.08. The van der Waals surface area contributed by atoms with Crippen molar-refractivity contribution in [2.75, 3.05) is 0 Å². The highest BCUT2D eigenvalue weighted by molar-refractivity contribution is 6.35. The van der Waals surface area contributed by atoms with Gasteiger partial charge in [0.25, 0.3) is 5.91 Å². The topological polar surface area (TPSA) is 58.5 Å². The fraction of sp³-hybridized carbons (Fsp3) is 0.250. The summed E-state index contributed by atoms with van der Waals surface area (Å²) in [6, 6.07) is 6.52. The van der Waals surface area contributed by atoms with Gasteiger partial charge in [0.2, 0.25) is 5.91 Å². The lowest BCUT2D eigenvalue weighted by Crippen LogP contribution is -2.45. The predicted octanol–water partition coefficient (Wildman–Crippen LogP) is 2.11. The number of carbonyl (C=O) groups is 2. The van der Waals surface area contributed by atoms with E-state index in [-0.39, 0.29) is 5.84 Å². The predicted molar refractivity (Wildman–Crippen MR) is 70.1 cm³/mol.